The molecule has 0 unspecified atom stereocenters. The number of rotatable bonds is 5. The van der Waals surface area contributed by atoms with Crippen LogP contribution >= 0.6 is 0 Å². The SMILES string of the molecule is CC(C)S(=O)(=O)c1ccc(-c2cnc3[nH]cc(C(=O)NC4CCOCC4)c3n2)cc1. The van der Waals surface area contributed by atoms with Crippen LogP contribution in [0.3, 0.4) is 0 Å². The Bertz CT molecular complexity index is 1160. The molecule has 1 saturated heterocycles. The van der Waals surface area contributed by atoms with Crippen LogP contribution in [0.25, 0.3) is 22.4 Å². The molecule has 30 heavy (non-hydrogen) atoms. The van der Waals surface area contributed by atoms with E-state index in [4.69, 9.17) is 4.74 Å². The highest BCUT2D eigenvalue weighted by atomic mass is 32.2. The van der Waals surface area contributed by atoms with E-state index >= 15 is 0 Å². The zero-order valence-electron chi connectivity index (χ0n) is 16.9. The molecule has 0 spiro atoms. The van der Waals surface area contributed by atoms with Crippen LogP contribution in [-0.2, 0) is 14.6 Å². The van der Waals surface area contributed by atoms with Gasteiger partial charge >= 0.3 is 0 Å². The second-order valence-electron chi connectivity index (χ2n) is 7.63. The molecule has 1 amide bonds. The van der Waals surface area contributed by atoms with Crippen molar-refractivity contribution in [3.8, 4) is 11.3 Å². The predicted octanol–water partition coefficient (Wildman–Crippen LogP) is 2.72. The van der Waals surface area contributed by atoms with Gasteiger partial charge in [0.1, 0.15) is 5.52 Å². The van der Waals surface area contributed by atoms with Crippen molar-refractivity contribution in [1.82, 2.24) is 20.3 Å². The van der Waals surface area contributed by atoms with Crippen molar-refractivity contribution < 1.29 is 17.9 Å². The summed E-state index contributed by atoms with van der Waals surface area (Å²) in [4.78, 5) is 25.0. The average Bonchev–Trinajstić information content (AvgIpc) is 3.18. The number of fused-ring (bicyclic) bond motifs is 1. The van der Waals surface area contributed by atoms with Crippen LogP contribution in [0, 0.1) is 0 Å². The minimum absolute atomic E-state index is 0.0859. The van der Waals surface area contributed by atoms with Gasteiger partial charge < -0.3 is 15.0 Å². The van der Waals surface area contributed by atoms with E-state index in [0.717, 1.165) is 18.4 Å². The standard InChI is InChI=1S/C21H24N4O4S/c1-13(2)30(27,28)16-5-3-14(4-6-16)18-12-23-20-19(25-18)17(11-22-20)21(26)24-15-7-9-29-10-8-15/h3-6,11-13,15H,7-10H2,1-2H3,(H,22,23)(H,24,26). The van der Waals surface area contributed by atoms with E-state index in [-0.39, 0.29) is 16.8 Å². The molecule has 0 radical (unpaired) electrons. The van der Waals surface area contributed by atoms with Crippen LogP contribution in [0.5, 0.6) is 0 Å². The predicted molar refractivity (Wildman–Crippen MR) is 113 cm³/mol. The molecule has 1 aromatic carbocycles. The second kappa shape index (κ2) is 8.16. The highest BCUT2D eigenvalue weighted by Crippen LogP contribution is 2.24. The van der Waals surface area contributed by atoms with Gasteiger partial charge in [-0.3, -0.25) is 4.79 Å². The first-order chi connectivity index (χ1) is 14.4. The fourth-order valence-corrected chi connectivity index (χ4v) is 4.46. The summed E-state index contributed by atoms with van der Waals surface area (Å²) in [5.74, 6) is -0.196. The number of ether oxygens (including phenoxy) is 1. The Kier molecular flexibility index (Phi) is 5.57. The Morgan fingerprint density at radius 1 is 1.20 bits per heavy atom. The number of aromatic amines is 1. The van der Waals surface area contributed by atoms with Crippen LogP contribution in [0.15, 0.2) is 41.6 Å². The molecule has 0 bridgehead atoms. The van der Waals surface area contributed by atoms with E-state index in [1.54, 1.807) is 50.5 Å². The maximum Gasteiger partial charge on any atom is 0.255 e. The number of carbonyl (C=O) groups excluding carboxylic acids is 1. The summed E-state index contributed by atoms with van der Waals surface area (Å²) in [6.07, 6.45) is 4.79. The molecule has 1 aliphatic rings. The molecule has 0 aliphatic carbocycles. The molecule has 0 atom stereocenters. The molecule has 0 saturated carbocycles. The summed E-state index contributed by atoms with van der Waals surface area (Å²) < 4.78 is 30.0. The topological polar surface area (TPSA) is 114 Å². The van der Waals surface area contributed by atoms with Gasteiger partial charge in [0.25, 0.3) is 5.91 Å². The van der Waals surface area contributed by atoms with Gasteiger partial charge in [0.15, 0.2) is 15.5 Å². The minimum atomic E-state index is -3.34. The number of nitrogens with one attached hydrogen (secondary N) is 2. The fourth-order valence-electron chi connectivity index (χ4n) is 3.40. The molecule has 4 rings (SSSR count). The Morgan fingerprint density at radius 2 is 1.90 bits per heavy atom. The molecule has 9 heteroatoms. The number of amides is 1. The molecule has 158 valence electrons. The summed E-state index contributed by atoms with van der Waals surface area (Å²) in [7, 11) is -3.34. The van der Waals surface area contributed by atoms with Crippen molar-refractivity contribution in [3.63, 3.8) is 0 Å². The molecule has 1 fully saturated rings. The molecule has 8 nitrogen and oxygen atoms in total. The Morgan fingerprint density at radius 3 is 2.57 bits per heavy atom. The largest absolute Gasteiger partial charge is 0.381 e. The Labute approximate surface area is 175 Å². The van der Waals surface area contributed by atoms with Gasteiger partial charge in [0.2, 0.25) is 0 Å². The van der Waals surface area contributed by atoms with Gasteiger partial charge in [0, 0.05) is 31.0 Å². The van der Waals surface area contributed by atoms with Crippen molar-refractivity contribution in [2.75, 3.05) is 13.2 Å². The third-order valence-electron chi connectivity index (χ3n) is 5.28. The lowest BCUT2D eigenvalue weighted by Crippen LogP contribution is -2.38. The van der Waals surface area contributed by atoms with E-state index in [2.05, 4.69) is 20.3 Å². The number of hydrogen-bond donors (Lipinski definition) is 2. The molecular formula is C21H24N4O4S. The second-order valence-corrected chi connectivity index (χ2v) is 10.1. The van der Waals surface area contributed by atoms with Gasteiger partial charge in [-0.05, 0) is 38.8 Å². The van der Waals surface area contributed by atoms with Crippen molar-refractivity contribution in [3.05, 3.63) is 42.2 Å². The average molecular weight is 429 g/mol. The van der Waals surface area contributed by atoms with Crippen LogP contribution in [0.2, 0.25) is 0 Å². The summed E-state index contributed by atoms with van der Waals surface area (Å²) in [6.45, 7) is 4.60. The number of sulfone groups is 1. The summed E-state index contributed by atoms with van der Waals surface area (Å²) in [5, 5.41) is 2.54. The van der Waals surface area contributed by atoms with Gasteiger partial charge in [-0.25, -0.2) is 18.4 Å². The van der Waals surface area contributed by atoms with Crippen molar-refractivity contribution in [2.24, 2.45) is 0 Å². The quantitative estimate of drug-likeness (QED) is 0.646. The fraction of sp³-hybridized carbons (Fsp3) is 0.381. The lowest BCUT2D eigenvalue weighted by molar-refractivity contribution is 0.0697. The number of hydrogen-bond acceptors (Lipinski definition) is 6. The molecule has 2 aromatic heterocycles. The maximum absolute atomic E-state index is 12.7. The Balaban J connectivity index is 1.62. The highest BCUT2D eigenvalue weighted by Gasteiger charge is 2.21. The van der Waals surface area contributed by atoms with Gasteiger partial charge in [-0.1, -0.05) is 12.1 Å². The number of benzene rings is 1. The van der Waals surface area contributed by atoms with Gasteiger partial charge in [-0.15, -0.1) is 0 Å². The smallest absolute Gasteiger partial charge is 0.255 e. The van der Waals surface area contributed by atoms with Gasteiger partial charge in [0.05, 0.1) is 27.6 Å². The van der Waals surface area contributed by atoms with E-state index in [9.17, 15) is 13.2 Å². The summed E-state index contributed by atoms with van der Waals surface area (Å²) >= 11 is 0. The summed E-state index contributed by atoms with van der Waals surface area (Å²) in [6, 6.07) is 6.65. The molecule has 2 N–H and O–H groups in total. The normalized spacial score (nSPS) is 15.6. The lowest BCUT2D eigenvalue weighted by atomic mass is 10.1. The Hall–Kier alpha value is -2.78. The summed E-state index contributed by atoms with van der Waals surface area (Å²) in [5.41, 5.74) is 2.73. The van der Waals surface area contributed by atoms with Crippen molar-refractivity contribution in [1.29, 1.82) is 0 Å². The first kappa shape index (κ1) is 20.5. The lowest BCUT2D eigenvalue weighted by Gasteiger charge is -2.22. The third-order valence-corrected chi connectivity index (χ3v) is 7.45. The van der Waals surface area contributed by atoms with Crippen molar-refractivity contribution in [2.45, 2.75) is 42.9 Å². The third kappa shape index (κ3) is 3.95. The van der Waals surface area contributed by atoms with E-state index < -0.39 is 15.1 Å². The molecule has 1 aliphatic heterocycles. The zero-order valence-corrected chi connectivity index (χ0v) is 17.7. The van der Waals surface area contributed by atoms with E-state index in [1.165, 1.54) is 0 Å². The number of aromatic nitrogens is 3. The molecular weight excluding hydrogens is 404 g/mol. The van der Waals surface area contributed by atoms with E-state index in [0.29, 0.717) is 35.6 Å². The minimum Gasteiger partial charge on any atom is -0.381 e. The van der Waals surface area contributed by atoms with Gasteiger partial charge in [-0.2, -0.15) is 0 Å². The maximum atomic E-state index is 12.7. The van der Waals surface area contributed by atoms with Crippen LogP contribution < -0.4 is 5.32 Å². The van der Waals surface area contributed by atoms with Crippen LogP contribution in [-0.4, -0.2) is 53.8 Å². The van der Waals surface area contributed by atoms with Crippen LogP contribution in [0.4, 0.5) is 0 Å². The molecule has 3 heterocycles. The monoisotopic (exact) mass is 428 g/mol. The zero-order chi connectivity index (χ0) is 21.3. The first-order valence-electron chi connectivity index (χ1n) is 9.93. The first-order valence-corrected chi connectivity index (χ1v) is 11.5. The number of H-pyrrole nitrogens is 1. The molecule has 3 aromatic rings. The van der Waals surface area contributed by atoms with Crippen LogP contribution in [0.1, 0.15) is 37.0 Å². The number of nitrogens with zero attached hydrogens (tertiary/aromatic N) is 2. The number of carbonyl (C=O) groups is 1. The van der Waals surface area contributed by atoms with E-state index in [1.807, 2.05) is 0 Å². The van der Waals surface area contributed by atoms with Crippen molar-refractivity contribution >= 4 is 26.9 Å². The highest BCUT2D eigenvalue weighted by molar-refractivity contribution is 7.92.